The molecule has 7 nitrogen and oxygen atoms in total. The first-order valence-corrected chi connectivity index (χ1v) is 4.32. The quantitative estimate of drug-likeness (QED) is 0.491. The lowest BCUT2D eigenvalue weighted by Crippen LogP contribution is -2.11. The summed E-state index contributed by atoms with van der Waals surface area (Å²) in [4.78, 5) is 31.0. The highest BCUT2D eigenvalue weighted by molar-refractivity contribution is 6.00. The molecule has 1 N–H and O–H groups in total. The molecule has 0 aliphatic heterocycles. The van der Waals surface area contributed by atoms with Gasteiger partial charge in [0.05, 0.1) is 11.0 Å². The molecule has 0 aliphatic carbocycles. The molecule has 0 radical (unpaired) electrons. The van der Waals surface area contributed by atoms with Gasteiger partial charge >= 0.3 is 12.6 Å². The number of non-ortho nitro benzene ring substituents is 1. The lowest BCUT2D eigenvalue weighted by atomic mass is 10.1. The van der Waals surface area contributed by atoms with Gasteiger partial charge in [-0.25, -0.2) is 4.79 Å². The van der Waals surface area contributed by atoms with E-state index in [0.29, 0.717) is 12.1 Å². The van der Waals surface area contributed by atoms with E-state index in [0.717, 1.165) is 0 Å². The minimum atomic E-state index is -3.37. The Balaban J connectivity index is 3.50. The molecule has 0 atom stereocenters. The zero-order chi connectivity index (χ0) is 13.9. The fraction of sp³-hybridized carbons (Fsp3) is 0.111. The zero-order valence-electron chi connectivity index (χ0n) is 8.50. The van der Waals surface area contributed by atoms with Crippen LogP contribution in [-0.4, -0.2) is 28.9 Å². The van der Waals surface area contributed by atoms with Crippen LogP contribution in [0, 0.1) is 10.1 Å². The summed E-state index contributed by atoms with van der Waals surface area (Å²) in [6.07, 6.45) is 0.00871. The topological polar surface area (TPSA) is 107 Å². The lowest BCUT2D eigenvalue weighted by Gasteiger charge is -2.09. The molecule has 0 amide bonds. The van der Waals surface area contributed by atoms with Crippen molar-refractivity contribution >= 4 is 17.9 Å². The summed E-state index contributed by atoms with van der Waals surface area (Å²) in [5.41, 5.74) is -2.19. The van der Waals surface area contributed by atoms with Gasteiger partial charge in [-0.15, -0.1) is 0 Å². The van der Waals surface area contributed by atoms with E-state index in [4.69, 9.17) is 5.11 Å². The van der Waals surface area contributed by atoms with Gasteiger partial charge in [0.25, 0.3) is 5.69 Å². The van der Waals surface area contributed by atoms with Crippen LogP contribution in [0.4, 0.5) is 14.5 Å². The molecule has 18 heavy (non-hydrogen) atoms. The standard InChI is InChI=1S/C9H5F2NO6/c10-9(11)18-6-2-5(12(16)17)1-4(3-13)7(6)8(14)15/h1-3,9H,(H,14,15). The molecule has 9 heteroatoms. The van der Waals surface area contributed by atoms with E-state index >= 15 is 0 Å². The number of carbonyl (C=O) groups is 2. The second kappa shape index (κ2) is 5.17. The van der Waals surface area contributed by atoms with Crippen LogP contribution in [0.2, 0.25) is 0 Å². The summed E-state index contributed by atoms with van der Waals surface area (Å²) < 4.78 is 28.0. The summed E-state index contributed by atoms with van der Waals surface area (Å²) in [7, 11) is 0. The van der Waals surface area contributed by atoms with Gasteiger partial charge in [0, 0.05) is 11.6 Å². The number of aldehydes is 1. The number of hydrogen-bond acceptors (Lipinski definition) is 5. The predicted octanol–water partition coefficient (Wildman–Crippen LogP) is 1.71. The summed E-state index contributed by atoms with van der Waals surface area (Å²) in [5.74, 6) is -2.64. The van der Waals surface area contributed by atoms with Crippen LogP contribution in [0.3, 0.4) is 0 Å². The van der Waals surface area contributed by atoms with Crippen molar-refractivity contribution < 1.29 is 33.1 Å². The fourth-order valence-electron chi connectivity index (χ4n) is 1.24. The normalized spacial score (nSPS) is 10.2. The first kappa shape index (κ1) is 13.5. The average Bonchev–Trinajstić information content (AvgIpc) is 2.26. The van der Waals surface area contributed by atoms with E-state index in [-0.39, 0.29) is 6.29 Å². The minimum Gasteiger partial charge on any atom is -0.478 e. The van der Waals surface area contributed by atoms with E-state index in [1.165, 1.54) is 0 Å². The number of hydrogen-bond donors (Lipinski definition) is 1. The first-order valence-electron chi connectivity index (χ1n) is 4.32. The molecule has 0 aromatic heterocycles. The number of alkyl halides is 2. The number of ether oxygens (including phenoxy) is 1. The molecule has 0 saturated heterocycles. The second-order valence-electron chi connectivity index (χ2n) is 2.97. The number of rotatable bonds is 5. The molecule has 0 bridgehead atoms. The SMILES string of the molecule is O=Cc1cc([N+](=O)[O-])cc(OC(F)F)c1C(=O)O. The average molecular weight is 261 g/mol. The van der Waals surface area contributed by atoms with Crippen LogP contribution < -0.4 is 4.74 Å². The smallest absolute Gasteiger partial charge is 0.387 e. The Morgan fingerprint density at radius 2 is 2.11 bits per heavy atom. The number of halogens is 2. The Labute approximate surface area is 97.7 Å². The number of benzene rings is 1. The van der Waals surface area contributed by atoms with Crippen LogP contribution in [0.5, 0.6) is 5.75 Å². The van der Waals surface area contributed by atoms with E-state index < -0.39 is 40.1 Å². The van der Waals surface area contributed by atoms with Crippen molar-refractivity contribution in [3.05, 3.63) is 33.4 Å². The van der Waals surface area contributed by atoms with Crippen LogP contribution in [0.1, 0.15) is 20.7 Å². The van der Waals surface area contributed by atoms with Crippen molar-refractivity contribution in [1.29, 1.82) is 0 Å². The monoisotopic (exact) mass is 261 g/mol. The largest absolute Gasteiger partial charge is 0.478 e. The molecule has 1 aromatic rings. The number of carboxylic acid groups (broad SMARTS) is 1. The van der Waals surface area contributed by atoms with Crippen LogP contribution in [0.25, 0.3) is 0 Å². The first-order chi connectivity index (χ1) is 8.36. The van der Waals surface area contributed by atoms with Crippen LogP contribution in [0.15, 0.2) is 12.1 Å². The maximum atomic E-state index is 12.1. The molecule has 0 fully saturated rings. The maximum absolute atomic E-state index is 12.1. The van der Waals surface area contributed by atoms with Crippen LogP contribution >= 0.6 is 0 Å². The van der Waals surface area contributed by atoms with Crippen molar-refractivity contribution in [2.75, 3.05) is 0 Å². The summed E-state index contributed by atoms with van der Waals surface area (Å²) >= 11 is 0. The minimum absolute atomic E-state index is 0.00871. The molecule has 0 unspecified atom stereocenters. The summed E-state index contributed by atoms with van der Waals surface area (Å²) in [5, 5.41) is 19.3. The predicted molar refractivity (Wildman–Crippen MR) is 52.1 cm³/mol. The molecule has 1 aromatic carbocycles. The Bertz CT molecular complexity index is 516. The molecule has 0 spiro atoms. The van der Waals surface area contributed by atoms with Gasteiger partial charge in [-0.2, -0.15) is 8.78 Å². The number of nitro groups is 1. The highest BCUT2D eigenvalue weighted by Gasteiger charge is 2.24. The Morgan fingerprint density at radius 1 is 1.50 bits per heavy atom. The molecule has 96 valence electrons. The highest BCUT2D eigenvalue weighted by Crippen LogP contribution is 2.29. The van der Waals surface area contributed by atoms with Gasteiger partial charge in [-0.3, -0.25) is 14.9 Å². The van der Waals surface area contributed by atoms with E-state index in [1.807, 2.05) is 0 Å². The molecule has 0 saturated carbocycles. The summed E-state index contributed by atoms with van der Waals surface area (Å²) in [6.45, 7) is -3.37. The summed E-state index contributed by atoms with van der Waals surface area (Å²) in [6, 6.07) is 1.18. The van der Waals surface area contributed by atoms with Gasteiger partial charge in [0.15, 0.2) is 6.29 Å². The van der Waals surface area contributed by atoms with Crippen molar-refractivity contribution in [2.24, 2.45) is 0 Å². The Hall–Kier alpha value is -2.58. The molecule has 0 aliphatic rings. The van der Waals surface area contributed by atoms with Crippen molar-refractivity contribution in [2.45, 2.75) is 6.61 Å². The van der Waals surface area contributed by atoms with E-state index in [2.05, 4.69) is 4.74 Å². The number of carboxylic acids is 1. The lowest BCUT2D eigenvalue weighted by molar-refractivity contribution is -0.385. The Morgan fingerprint density at radius 3 is 2.50 bits per heavy atom. The molecule has 1 rings (SSSR count). The van der Waals surface area contributed by atoms with Gasteiger partial charge < -0.3 is 9.84 Å². The second-order valence-corrected chi connectivity index (χ2v) is 2.97. The van der Waals surface area contributed by atoms with Crippen molar-refractivity contribution in [3.63, 3.8) is 0 Å². The van der Waals surface area contributed by atoms with E-state index in [1.54, 1.807) is 0 Å². The van der Waals surface area contributed by atoms with Gasteiger partial charge in [0.1, 0.15) is 11.3 Å². The van der Waals surface area contributed by atoms with Crippen molar-refractivity contribution in [3.8, 4) is 5.75 Å². The number of aromatic carboxylic acids is 1. The molecular formula is C9H5F2NO6. The fourth-order valence-corrected chi connectivity index (χ4v) is 1.24. The zero-order valence-corrected chi connectivity index (χ0v) is 8.50. The Kier molecular flexibility index (Phi) is 3.87. The highest BCUT2D eigenvalue weighted by atomic mass is 19.3. The van der Waals surface area contributed by atoms with Gasteiger partial charge in [0.2, 0.25) is 0 Å². The maximum Gasteiger partial charge on any atom is 0.387 e. The third kappa shape index (κ3) is 2.75. The van der Waals surface area contributed by atoms with Gasteiger partial charge in [-0.05, 0) is 0 Å². The third-order valence-corrected chi connectivity index (χ3v) is 1.89. The number of carbonyl (C=O) groups excluding carboxylic acids is 1. The van der Waals surface area contributed by atoms with Crippen molar-refractivity contribution in [1.82, 2.24) is 0 Å². The van der Waals surface area contributed by atoms with E-state index in [9.17, 15) is 28.5 Å². The number of nitro benzene ring substituents is 1. The van der Waals surface area contributed by atoms with Gasteiger partial charge in [-0.1, -0.05) is 0 Å². The number of nitrogens with zero attached hydrogens (tertiary/aromatic N) is 1. The molecular weight excluding hydrogens is 256 g/mol. The molecule has 0 heterocycles. The third-order valence-electron chi connectivity index (χ3n) is 1.89. The van der Waals surface area contributed by atoms with Crippen LogP contribution in [-0.2, 0) is 0 Å².